The van der Waals surface area contributed by atoms with Crippen LogP contribution in [0.1, 0.15) is 63.7 Å². The van der Waals surface area contributed by atoms with E-state index in [1.54, 1.807) is 39.0 Å². The molecule has 1 aliphatic carbocycles. The van der Waals surface area contributed by atoms with E-state index in [0.717, 1.165) is 19.3 Å². The van der Waals surface area contributed by atoms with Crippen molar-refractivity contribution in [2.45, 2.75) is 65.0 Å². The molecule has 7 heteroatoms. The number of hydrogen-bond acceptors (Lipinski definition) is 5. The van der Waals surface area contributed by atoms with Crippen molar-refractivity contribution in [2.75, 3.05) is 11.9 Å². The smallest absolute Gasteiger partial charge is 0.412 e. The van der Waals surface area contributed by atoms with Gasteiger partial charge in [-0.25, -0.2) is 9.59 Å². The summed E-state index contributed by atoms with van der Waals surface area (Å²) in [6.07, 6.45) is 3.74. The second-order valence-electron chi connectivity index (χ2n) is 8.22. The molecule has 1 aromatic rings. The molecule has 0 saturated heterocycles. The lowest BCUT2D eigenvalue weighted by molar-refractivity contribution is -0.125. The number of anilines is 1. The van der Waals surface area contributed by atoms with Crippen LogP contribution in [0.15, 0.2) is 24.3 Å². The Hall–Kier alpha value is -2.57. The first kappa shape index (κ1) is 21.7. The fraction of sp³-hybridized carbons (Fsp3) is 0.571. The zero-order chi connectivity index (χ0) is 20.7. The largest absolute Gasteiger partial charge is 0.452 e. The van der Waals surface area contributed by atoms with E-state index in [2.05, 4.69) is 17.6 Å². The maximum absolute atomic E-state index is 12.2. The van der Waals surface area contributed by atoms with Crippen LogP contribution >= 0.6 is 0 Å². The minimum atomic E-state index is -0.625. The van der Waals surface area contributed by atoms with Gasteiger partial charge in [-0.05, 0) is 57.7 Å². The summed E-state index contributed by atoms with van der Waals surface area (Å²) >= 11 is 0. The Kier molecular flexibility index (Phi) is 7.43. The highest BCUT2D eigenvalue weighted by Gasteiger charge is 2.23. The van der Waals surface area contributed by atoms with Gasteiger partial charge >= 0.3 is 12.1 Å². The lowest BCUT2D eigenvalue weighted by Crippen LogP contribution is -2.42. The van der Waals surface area contributed by atoms with Crippen LogP contribution < -0.4 is 10.6 Å². The molecule has 2 N–H and O–H groups in total. The summed E-state index contributed by atoms with van der Waals surface area (Å²) in [4.78, 5) is 36.1. The Balaban J connectivity index is 1.85. The first-order chi connectivity index (χ1) is 13.1. The van der Waals surface area contributed by atoms with E-state index in [9.17, 15) is 14.4 Å². The summed E-state index contributed by atoms with van der Waals surface area (Å²) < 4.78 is 10.3. The van der Waals surface area contributed by atoms with Crippen molar-refractivity contribution in [2.24, 2.45) is 5.92 Å². The van der Waals surface area contributed by atoms with E-state index >= 15 is 0 Å². The summed E-state index contributed by atoms with van der Waals surface area (Å²) in [5.74, 6) is -0.487. The van der Waals surface area contributed by atoms with Gasteiger partial charge in [0.1, 0.15) is 5.60 Å². The number of carbonyl (C=O) groups is 3. The molecule has 0 radical (unpaired) electrons. The van der Waals surface area contributed by atoms with Gasteiger partial charge in [-0.3, -0.25) is 10.1 Å². The molecule has 2 rings (SSSR count). The maximum atomic E-state index is 12.2. The summed E-state index contributed by atoms with van der Waals surface area (Å²) in [7, 11) is 0. The van der Waals surface area contributed by atoms with E-state index in [0.29, 0.717) is 11.6 Å². The van der Waals surface area contributed by atoms with Gasteiger partial charge in [0.25, 0.3) is 5.91 Å². The van der Waals surface area contributed by atoms with Crippen molar-refractivity contribution in [1.82, 2.24) is 5.32 Å². The Labute approximate surface area is 166 Å². The third kappa shape index (κ3) is 7.21. The normalized spacial score (nSPS) is 19.4. The molecule has 28 heavy (non-hydrogen) atoms. The average molecular weight is 390 g/mol. The SMILES string of the molecule is C[C@H]1CCCC[C@@H]1NC(=O)COC(=O)c1cccc(NC(=O)OC(C)(C)C)c1. The van der Waals surface area contributed by atoms with Crippen molar-refractivity contribution in [3.05, 3.63) is 29.8 Å². The van der Waals surface area contributed by atoms with Crippen molar-refractivity contribution in [1.29, 1.82) is 0 Å². The van der Waals surface area contributed by atoms with Gasteiger partial charge in [-0.1, -0.05) is 25.8 Å². The molecule has 1 saturated carbocycles. The van der Waals surface area contributed by atoms with Crippen LogP contribution in [-0.2, 0) is 14.3 Å². The summed E-state index contributed by atoms with van der Waals surface area (Å²) in [6.45, 7) is 7.09. The molecule has 2 atom stereocenters. The molecule has 1 aliphatic rings. The van der Waals surface area contributed by atoms with E-state index in [-0.39, 0.29) is 24.1 Å². The topological polar surface area (TPSA) is 93.7 Å². The Bertz CT molecular complexity index is 711. The molecule has 1 aromatic carbocycles. The van der Waals surface area contributed by atoms with Gasteiger partial charge < -0.3 is 14.8 Å². The highest BCUT2D eigenvalue weighted by atomic mass is 16.6. The van der Waals surface area contributed by atoms with Gasteiger partial charge in [0.15, 0.2) is 6.61 Å². The van der Waals surface area contributed by atoms with Crippen molar-refractivity contribution >= 4 is 23.7 Å². The summed E-state index contributed by atoms with van der Waals surface area (Å²) in [5.41, 5.74) is 0.0284. The molecule has 0 unspecified atom stereocenters. The van der Waals surface area contributed by atoms with E-state index in [4.69, 9.17) is 9.47 Å². The standard InChI is InChI=1S/C21H30N2O5/c1-14-8-5-6-11-17(14)23-18(24)13-27-19(25)15-9-7-10-16(12-15)22-20(26)28-21(2,3)4/h7,9-10,12,14,17H,5-6,8,11,13H2,1-4H3,(H,22,26)(H,23,24)/t14-,17-/m0/s1. The first-order valence-electron chi connectivity index (χ1n) is 9.70. The fourth-order valence-corrected chi connectivity index (χ4v) is 3.14. The molecule has 2 amide bonds. The third-order valence-electron chi connectivity index (χ3n) is 4.54. The zero-order valence-electron chi connectivity index (χ0n) is 17.0. The molecule has 0 bridgehead atoms. The lowest BCUT2D eigenvalue weighted by atomic mass is 9.86. The van der Waals surface area contributed by atoms with Gasteiger partial charge in [0.05, 0.1) is 5.56 Å². The lowest BCUT2D eigenvalue weighted by Gasteiger charge is -2.29. The van der Waals surface area contributed by atoms with Crippen LogP contribution in [0, 0.1) is 5.92 Å². The second kappa shape index (κ2) is 9.57. The predicted molar refractivity (Wildman–Crippen MR) is 106 cm³/mol. The van der Waals surface area contributed by atoms with Gasteiger partial charge in [0, 0.05) is 11.7 Å². The van der Waals surface area contributed by atoms with Gasteiger partial charge in [-0.2, -0.15) is 0 Å². The molecule has 7 nitrogen and oxygen atoms in total. The van der Waals surface area contributed by atoms with Crippen molar-refractivity contribution in [3.63, 3.8) is 0 Å². The van der Waals surface area contributed by atoms with Crippen LogP contribution in [0.4, 0.5) is 10.5 Å². The highest BCUT2D eigenvalue weighted by molar-refractivity contribution is 5.93. The number of hydrogen-bond donors (Lipinski definition) is 2. The fourth-order valence-electron chi connectivity index (χ4n) is 3.14. The van der Waals surface area contributed by atoms with Crippen LogP contribution in [0.3, 0.4) is 0 Å². The molecular formula is C21H30N2O5. The molecular weight excluding hydrogens is 360 g/mol. The van der Waals surface area contributed by atoms with Crippen LogP contribution in [0.25, 0.3) is 0 Å². The van der Waals surface area contributed by atoms with Crippen LogP contribution in [0.5, 0.6) is 0 Å². The van der Waals surface area contributed by atoms with Crippen molar-refractivity contribution < 1.29 is 23.9 Å². The number of benzene rings is 1. The zero-order valence-corrected chi connectivity index (χ0v) is 17.0. The average Bonchev–Trinajstić information content (AvgIpc) is 2.60. The number of esters is 1. The van der Waals surface area contributed by atoms with E-state index in [1.165, 1.54) is 12.5 Å². The molecule has 0 heterocycles. The van der Waals surface area contributed by atoms with Gasteiger partial charge in [-0.15, -0.1) is 0 Å². The molecule has 0 aliphatic heterocycles. The molecule has 0 aromatic heterocycles. The number of ether oxygens (including phenoxy) is 2. The number of nitrogens with one attached hydrogen (secondary N) is 2. The second-order valence-corrected chi connectivity index (χ2v) is 8.22. The predicted octanol–water partition coefficient (Wildman–Crippen LogP) is 3.89. The Morgan fingerprint density at radius 2 is 1.86 bits per heavy atom. The summed E-state index contributed by atoms with van der Waals surface area (Å²) in [5, 5.41) is 5.51. The minimum Gasteiger partial charge on any atom is -0.452 e. The van der Waals surface area contributed by atoms with E-state index < -0.39 is 17.7 Å². The van der Waals surface area contributed by atoms with Gasteiger partial charge in [0.2, 0.25) is 0 Å². The minimum absolute atomic E-state index is 0.140. The number of amides is 2. The van der Waals surface area contributed by atoms with Crippen molar-refractivity contribution in [3.8, 4) is 0 Å². The quantitative estimate of drug-likeness (QED) is 0.744. The Morgan fingerprint density at radius 3 is 2.54 bits per heavy atom. The number of carbonyl (C=O) groups excluding carboxylic acids is 3. The van der Waals surface area contributed by atoms with Crippen LogP contribution in [0.2, 0.25) is 0 Å². The monoisotopic (exact) mass is 390 g/mol. The molecule has 154 valence electrons. The first-order valence-corrected chi connectivity index (χ1v) is 9.70. The van der Waals surface area contributed by atoms with E-state index in [1.807, 2.05) is 0 Å². The van der Waals surface area contributed by atoms with Crippen LogP contribution in [-0.4, -0.2) is 36.2 Å². The Morgan fingerprint density at radius 1 is 1.14 bits per heavy atom. The molecule has 0 spiro atoms. The maximum Gasteiger partial charge on any atom is 0.412 e. The highest BCUT2D eigenvalue weighted by Crippen LogP contribution is 2.23. The molecule has 1 fully saturated rings. The number of rotatable bonds is 5. The third-order valence-corrected chi connectivity index (χ3v) is 4.54. The summed E-state index contributed by atoms with van der Waals surface area (Å²) in [6, 6.07) is 6.43.